The van der Waals surface area contributed by atoms with Crippen LogP contribution in [0.25, 0.3) is 0 Å². The normalized spacial score (nSPS) is 9.56. The highest BCUT2D eigenvalue weighted by atomic mass is 35.5. The third kappa shape index (κ3) is 1.10. The lowest BCUT2D eigenvalue weighted by molar-refractivity contribution is 0.583. The average molecular weight is 148 g/mol. The summed E-state index contributed by atoms with van der Waals surface area (Å²) in [5.41, 5.74) is -0.507. The van der Waals surface area contributed by atoms with Crippen molar-refractivity contribution in [3.63, 3.8) is 0 Å². The van der Waals surface area contributed by atoms with Crippen molar-refractivity contribution in [2.45, 2.75) is 0 Å². The summed E-state index contributed by atoms with van der Waals surface area (Å²) < 4.78 is 12.2. The number of pyridine rings is 1. The molecule has 1 aromatic rings. The maximum Gasteiger partial charge on any atom is 0.213 e. The number of aromatic nitrogens is 1. The Bertz CT molecular complexity index is 270. The molecule has 2 nitrogen and oxygen atoms in total. The highest BCUT2D eigenvalue weighted by molar-refractivity contribution is 6.30. The van der Waals surface area contributed by atoms with Gasteiger partial charge in [-0.2, -0.15) is 4.39 Å². The molecule has 0 fully saturated rings. The van der Waals surface area contributed by atoms with E-state index in [9.17, 15) is 9.18 Å². The molecule has 0 saturated heterocycles. The molecule has 0 aromatic carbocycles. The number of aromatic amines is 1. The highest BCUT2D eigenvalue weighted by Crippen LogP contribution is 2.02. The van der Waals surface area contributed by atoms with Crippen molar-refractivity contribution in [2.75, 3.05) is 0 Å². The predicted molar refractivity (Wildman–Crippen MR) is 32.0 cm³/mol. The largest absolute Gasteiger partial charge is 0.337 e. The van der Waals surface area contributed by atoms with Crippen LogP contribution in [0.1, 0.15) is 0 Å². The van der Waals surface area contributed by atoms with Gasteiger partial charge in [-0.25, -0.2) is 0 Å². The van der Waals surface area contributed by atoms with Gasteiger partial charge in [0.15, 0.2) is 0 Å². The van der Waals surface area contributed by atoms with Crippen LogP contribution in [0.5, 0.6) is 0 Å². The first-order valence-electron chi connectivity index (χ1n) is 2.24. The van der Waals surface area contributed by atoms with E-state index in [2.05, 4.69) is 4.98 Å². The first-order valence-corrected chi connectivity index (χ1v) is 2.62. The topological polar surface area (TPSA) is 32.9 Å². The molecule has 0 aliphatic carbocycles. The standard InChI is InChI=1S/C5H3ClFNO/c6-4-3(9)1-2-8-5(4)7/h1-2H,(H,8,9). The Labute approximate surface area is 55.3 Å². The summed E-state index contributed by atoms with van der Waals surface area (Å²) in [6.45, 7) is 0. The van der Waals surface area contributed by atoms with Crippen molar-refractivity contribution in [1.82, 2.24) is 4.98 Å². The summed E-state index contributed by atoms with van der Waals surface area (Å²) in [6, 6.07) is 1.16. The van der Waals surface area contributed by atoms with E-state index in [-0.39, 0.29) is 0 Å². The third-order valence-corrected chi connectivity index (χ3v) is 1.21. The van der Waals surface area contributed by atoms with Gasteiger partial charge in [-0.05, 0) is 0 Å². The summed E-state index contributed by atoms with van der Waals surface area (Å²) >= 11 is 5.16. The van der Waals surface area contributed by atoms with E-state index < -0.39 is 16.4 Å². The number of H-pyrrole nitrogens is 1. The molecule has 0 amide bonds. The molecule has 0 spiro atoms. The van der Waals surface area contributed by atoms with Crippen LogP contribution in [0.3, 0.4) is 0 Å². The monoisotopic (exact) mass is 147 g/mol. The van der Waals surface area contributed by atoms with Crippen LogP contribution in [0.15, 0.2) is 17.1 Å². The molecule has 9 heavy (non-hydrogen) atoms. The molecular weight excluding hydrogens is 145 g/mol. The van der Waals surface area contributed by atoms with Gasteiger partial charge in [-0.15, -0.1) is 0 Å². The predicted octanol–water partition coefficient (Wildman–Crippen LogP) is 1.17. The molecule has 0 unspecified atom stereocenters. The van der Waals surface area contributed by atoms with Gasteiger partial charge in [0.25, 0.3) is 0 Å². The van der Waals surface area contributed by atoms with Gasteiger partial charge in [0.1, 0.15) is 5.02 Å². The van der Waals surface area contributed by atoms with Crippen molar-refractivity contribution in [1.29, 1.82) is 0 Å². The molecule has 4 heteroatoms. The second-order valence-electron chi connectivity index (χ2n) is 1.47. The zero-order valence-corrected chi connectivity index (χ0v) is 5.07. The van der Waals surface area contributed by atoms with Crippen molar-refractivity contribution in [2.24, 2.45) is 0 Å². The number of nitrogens with one attached hydrogen (secondary N) is 1. The Balaban J connectivity index is 3.43. The van der Waals surface area contributed by atoms with Crippen molar-refractivity contribution in [3.8, 4) is 0 Å². The second kappa shape index (κ2) is 2.19. The van der Waals surface area contributed by atoms with E-state index in [1.54, 1.807) is 0 Å². The lowest BCUT2D eigenvalue weighted by Gasteiger charge is -1.87. The summed E-state index contributed by atoms with van der Waals surface area (Å²) in [5.74, 6) is -0.788. The molecule has 0 aliphatic heterocycles. The molecule has 0 atom stereocenters. The summed E-state index contributed by atoms with van der Waals surface area (Å²) in [6.07, 6.45) is 1.20. The van der Waals surface area contributed by atoms with E-state index in [0.717, 1.165) is 6.07 Å². The van der Waals surface area contributed by atoms with Crippen molar-refractivity contribution >= 4 is 11.6 Å². The van der Waals surface area contributed by atoms with Gasteiger partial charge in [-0.1, -0.05) is 11.6 Å². The Morgan fingerprint density at radius 2 is 2.33 bits per heavy atom. The SMILES string of the molecule is O=c1cc[nH]c(F)c1Cl. The van der Waals surface area contributed by atoms with Gasteiger partial charge in [0.05, 0.1) is 0 Å². The molecule has 1 aromatic heterocycles. The minimum atomic E-state index is -0.788. The van der Waals surface area contributed by atoms with Crippen LogP contribution >= 0.6 is 11.6 Å². The Kier molecular flexibility index (Phi) is 1.53. The molecule has 0 bridgehead atoms. The fourth-order valence-corrected chi connectivity index (χ4v) is 0.553. The van der Waals surface area contributed by atoms with E-state index in [4.69, 9.17) is 11.6 Å². The van der Waals surface area contributed by atoms with Gasteiger partial charge < -0.3 is 4.98 Å². The van der Waals surface area contributed by atoms with Crippen LogP contribution in [-0.2, 0) is 0 Å². The van der Waals surface area contributed by atoms with Gasteiger partial charge in [0.2, 0.25) is 11.4 Å². The first-order chi connectivity index (χ1) is 4.22. The number of halogens is 2. The highest BCUT2D eigenvalue weighted by Gasteiger charge is 1.99. The second-order valence-corrected chi connectivity index (χ2v) is 1.85. The maximum atomic E-state index is 12.2. The van der Waals surface area contributed by atoms with E-state index in [0.29, 0.717) is 0 Å². The molecule has 0 saturated carbocycles. The van der Waals surface area contributed by atoms with E-state index in [1.165, 1.54) is 6.20 Å². The van der Waals surface area contributed by atoms with Crippen LogP contribution in [-0.4, -0.2) is 4.98 Å². The summed E-state index contributed by atoms with van der Waals surface area (Å²) in [4.78, 5) is 12.6. The van der Waals surface area contributed by atoms with Crippen LogP contribution < -0.4 is 5.43 Å². The number of hydrogen-bond donors (Lipinski definition) is 1. The molecule has 1 rings (SSSR count). The number of hydrogen-bond acceptors (Lipinski definition) is 1. The van der Waals surface area contributed by atoms with Gasteiger partial charge in [-0.3, -0.25) is 4.79 Å². The third-order valence-electron chi connectivity index (χ3n) is 0.854. The zero-order chi connectivity index (χ0) is 6.85. The lowest BCUT2D eigenvalue weighted by Crippen LogP contribution is -2.02. The van der Waals surface area contributed by atoms with Crippen molar-refractivity contribution < 1.29 is 4.39 Å². The van der Waals surface area contributed by atoms with Crippen LogP contribution in [0.2, 0.25) is 5.02 Å². The molecule has 1 heterocycles. The average Bonchev–Trinajstić information content (AvgIpc) is 1.83. The molecule has 48 valence electrons. The van der Waals surface area contributed by atoms with Crippen LogP contribution in [0.4, 0.5) is 4.39 Å². The molecular formula is C5H3ClFNO. The number of rotatable bonds is 0. The first kappa shape index (κ1) is 6.29. The fourth-order valence-electron chi connectivity index (χ4n) is 0.435. The lowest BCUT2D eigenvalue weighted by atomic mass is 10.5. The van der Waals surface area contributed by atoms with Gasteiger partial charge in [0, 0.05) is 12.3 Å². The van der Waals surface area contributed by atoms with E-state index in [1.807, 2.05) is 0 Å². The molecule has 0 radical (unpaired) electrons. The Morgan fingerprint density at radius 3 is 2.78 bits per heavy atom. The summed E-state index contributed by atoms with van der Waals surface area (Å²) in [7, 11) is 0. The quantitative estimate of drug-likeness (QED) is 0.549. The maximum absolute atomic E-state index is 12.2. The molecule has 1 N–H and O–H groups in total. The van der Waals surface area contributed by atoms with E-state index >= 15 is 0 Å². The smallest absolute Gasteiger partial charge is 0.213 e. The van der Waals surface area contributed by atoms with Crippen molar-refractivity contribution in [3.05, 3.63) is 33.5 Å². The zero-order valence-electron chi connectivity index (χ0n) is 4.32. The van der Waals surface area contributed by atoms with Gasteiger partial charge >= 0.3 is 0 Å². The minimum Gasteiger partial charge on any atom is -0.337 e. The Hall–Kier alpha value is -0.830. The summed E-state index contributed by atoms with van der Waals surface area (Å²) in [5, 5.41) is -0.391. The minimum absolute atomic E-state index is 0.391. The van der Waals surface area contributed by atoms with Crippen LogP contribution in [0, 0.1) is 5.95 Å². The Morgan fingerprint density at radius 1 is 1.67 bits per heavy atom. The fraction of sp³-hybridized carbons (Fsp3) is 0. The molecule has 0 aliphatic rings.